The molecule has 17 heavy (non-hydrogen) atoms. The van der Waals surface area contributed by atoms with Gasteiger partial charge in [-0.2, -0.15) is 0 Å². The molecule has 0 bridgehead atoms. The molecule has 1 aromatic carbocycles. The Kier molecular flexibility index (Phi) is 4.58. The summed E-state index contributed by atoms with van der Waals surface area (Å²) < 4.78 is 5.41. The smallest absolute Gasteiger partial charge is 0.122 e. The van der Waals surface area contributed by atoms with Crippen molar-refractivity contribution in [2.24, 2.45) is 5.73 Å². The zero-order valence-electron chi connectivity index (χ0n) is 11.7. The van der Waals surface area contributed by atoms with E-state index in [-0.39, 0.29) is 5.41 Å². The van der Waals surface area contributed by atoms with E-state index in [1.165, 1.54) is 11.1 Å². The van der Waals surface area contributed by atoms with Crippen LogP contribution in [0.15, 0.2) is 18.2 Å². The van der Waals surface area contributed by atoms with Crippen LogP contribution < -0.4 is 10.5 Å². The molecule has 1 aromatic rings. The van der Waals surface area contributed by atoms with Crippen molar-refractivity contribution in [3.63, 3.8) is 0 Å². The second-order valence-electron chi connectivity index (χ2n) is 5.33. The topological polar surface area (TPSA) is 35.2 Å². The van der Waals surface area contributed by atoms with Gasteiger partial charge in [0.1, 0.15) is 5.75 Å². The van der Waals surface area contributed by atoms with Crippen LogP contribution in [0.2, 0.25) is 0 Å². The Hall–Kier alpha value is -1.02. The van der Waals surface area contributed by atoms with Crippen molar-refractivity contribution in [3.8, 4) is 5.75 Å². The first kappa shape index (κ1) is 14.0. The molecule has 0 fully saturated rings. The van der Waals surface area contributed by atoms with Crippen molar-refractivity contribution in [3.05, 3.63) is 29.3 Å². The number of nitrogens with two attached hydrogens (primary N) is 1. The van der Waals surface area contributed by atoms with E-state index in [9.17, 15) is 0 Å². The molecule has 0 aliphatic carbocycles. The van der Waals surface area contributed by atoms with Crippen LogP contribution >= 0.6 is 0 Å². The van der Waals surface area contributed by atoms with Gasteiger partial charge in [-0.15, -0.1) is 0 Å². The van der Waals surface area contributed by atoms with Gasteiger partial charge in [-0.3, -0.25) is 0 Å². The molecular weight excluding hydrogens is 210 g/mol. The number of methoxy groups -OCH3 is 1. The molecular formula is C15H25NO. The summed E-state index contributed by atoms with van der Waals surface area (Å²) in [5.74, 6) is 1.27. The maximum atomic E-state index is 5.76. The SMILES string of the molecule is CCC(C)(C)c1ccc(OC)c(C(C)CN)c1. The highest BCUT2D eigenvalue weighted by atomic mass is 16.5. The maximum absolute atomic E-state index is 5.76. The van der Waals surface area contributed by atoms with Gasteiger partial charge >= 0.3 is 0 Å². The molecule has 2 nitrogen and oxygen atoms in total. The number of hydrogen-bond donors (Lipinski definition) is 1. The third kappa shape index (κ3) is 3.01. The Bertz CT molecular complexity index is 371. The highest BCUT2D eigenvalue weighted by molar-refractivity contribution is 5.42. The molecule has 0 heterocycles. The summed E-state index contributed by atoms with van der Waals surface area (Å²) in [6, 6.07) is 6.48. The van der Waals surface area contributed by atoms with Crippen molar-refractivity contribution in [1.29, 1.82) is 0 Å². The van der Waals surface area contributed by atoms with Gasteiger partial charge in [0.05, 0.1) is 7.11 Å². The molecule has 0 saturated carbocycles. The van der Waals surface area contributed by atoms with Gasteiger partial charge in [-0.25, -0.2) is 0 Å². The van der Waals surface area contributed by atoms with Crippen molar-refractivity contribution in [1.82, 2.24) is 0 Å². The number of rotatable bonds is 5. The quantitative estimate of drug-likeness (QED) is 0.848. The highest BCUT2D eigenvalue weighted by Gasteiger charge is 2.20. The fourth-order valence-corrected chi connectivity index (χ4v) is 1.87. The van der Waals surface area contributed by atoms with Crippen LogP contribution in [0.5, 0.6) is 5.75 Å². The van der Waals surface area contributed by atoms with Crippen molar-refractivity contribution < 1.29 is 4.74 Å². The van der Waals surface area contributed by atoms with Crippen LogP contribution in [-0.2, 0) is 5.41 Å². The molecule has 0 radical (unpaired) electrons. The van der Waals surface area contributed by atoms with Gasteiger partial charge in [0, 0.05) is 0 Å². The summed E-state index contributed by atoms with van der Waals surface area (Å²) in [6.07, 6.45) is 1.12. The van der Waals surface area contributed by atoms with E-state index in [4.69, 9.17) is 10.5 Å². The van der Waals surface area contributed by atoms with Crippen LogP contribution in [-0.4, -0.2) is 13.7 Å². The van der Waals surface area contributed by atoms with E-state index >= 15 is 0 Å². The van der Waals surface area contributed by atoms with Gasteiger partial charge < -0.3 is 10.5 Å². The van der Waals surface area contributed by atoms with Crippen LogP contribution in [0, 0.1) is 0 Å². The Morgan fingerprint density at radius 1 is 1.35 bits per heavy atom. The molecule has 0 aliphatic rings. The molecule has 2 heteroatoms. The van der Waals surface area contributed by atoms with Crippen molar-refractivity contribution in [2.75, 3.05) is 13.7 Å². The van der Waals surface area contributed by atoms with E-state index in [1.807, 2.05) is 0 Å². The molecule has 1 rings (SSSR count). The van der Waals surface area contributed by atoms with E-state index < -0.39 is 0 Å². The van der Waals surface area contributed by atoms with Gasteiger partial charge in [0.25, 0.3) is 0 Å². The first-order valence-corrected chi connectivity index (χ1v) is 6.34. The lowest BCUT2D eigenvalue weighted by atomic mass is 9.80. The average Bonchev–Trinajstić information content (AvgIpc) is 2.36. The summed E-state index contributed by atoms with van der Waals surface area (Å²) >= 11 is 0. The molecule has 0 spiro atoms. The Labute approximate surface area is 105 Å². The third-order valence-corrected chi connectivity index (χ3v) is 3.78. The molecule has 0 saturated heterocycles. The third-order valence-electron chi connectivity index (χ3n) is 3.78. The monoisotopic (exact) mass is 235 g/mol. The molecule has 0 aromatic heterocycles. The van der Waals surface area contributed by atoms with Crippen LogP contribution in [0.4, 0.5) is 0 Å². The van der Waals surface area contributed by atoms with E-state index in [0.717, 1.165) is 12.2 Å². The lowest BCUT2D eigenvalue weighted by molar-refractivity contribution is 0.405. The lowest BCUT2D eigenvalue weighted by Gasteiger charge is -2.25. The molecule has 1 unspecified atom stereocenters. The summed E-state index contributed by atoms with van der Waals surface area (Å²) in [5, 5.41) is 0. The van der Waals surface area contributed by atoms with Gasteiger partial charge in [-0.05, 0) is 41.5 Å². The minimum atomic E-state index is 0.204. The van der Waals surface area contributed by atoms with E-state index in [1.54, 1.807) is 7.11 Å². The lowest BCUT2D eigenvalue weighted by Crippen LogP contribution is -2.17. The van der Waals surface area contributed by atoms with Crippen LogP contribution in [0.25, 0.3) is 0 Å². The van der Waals surface area contributed by atoms with Crippen molar-refractivity contribution >= 4 is 0 Å². The highest BCUT2D eigenvalue weighted by Crippen LogP contribution is 2.33. The second-order valence-corrected chi connectivity index (χ2v) is 5.33. The Morgan fingerprint density at radius 3 is 2.47 bits per heavy atom. The predicted molar refractivity (Wildman–Crippen MR) is 73.8 cm³/mol. The normalized spacial score (nSPS) is 13.5. The number of ether oxygens (including phenoxy) is 1. The first-order valence-electron chi connectivity index (χ1n) is 6.34. The van der Waals surface area contributed by atoms with Gasteiger partial charge in [-0.1, -0.05) is 39.8 Å². The van der Waals surface area contributed by atoms with Crippen LogP contribution in [0.3, 0.4) is 0 Å². The van der Waals surface area contributed by atoms with E-state index in [2.05, 4.69) is 45.9 Å². The van der Waals surface area contributed by atoms with E-state index in [0.29, 0.717) is 12.5 Å². The second kappa shape index (κ2) is 5.54. The number of benzene rings is 1. The minimum absolute atomic E-state index is 0.204. The molecule has 0 amide bonds. The van der Waals surface area contributed by atoms with Crippen LogP contribution in [0.1, 0.15) is 51.2 Å². The zero-order chi connectivity index (χ0) is 13.1. The van der Waals surface area contributed by atoms with Gasteiger partial charge in [0.15, 0.2) is 0 Å². The molecule has 2 N–H and O–H groups in total. The first-order chi connectivity index (χ1) is 7.96. The van der Waals surface area contributed by atoms with Crippen molar-refractivity contribution in [2.45, 2.75) is 45.4 Å². The Morgan fingerprint density at radius 2 is 2.00 bits per heavy atom. The molecule has 0 aliphatic heterocycles. The summed E-state index contributed by atoms with van der Waals surface area (Å²) in [5.41, 5.74) is 8.54. The summed E-state index contributed by atoms with van der Waals surface area (Å²) in [4.78, 5) is 0. The van der Waals surface area contributed by atoms with Gasteiger partial charge in [0.2, 0.25) is 0 Å². The standard InChI is InChI=1S/C15H25NO/c1-6-15(3,4)12-7-8-14(17-5)13(9-12)11(2)10-16/h7-9,11H,6,10,16H2,1-5H3. The fourth-order valence-electron chi connectivity index (χ4n) is 1.87. The molecule has 1 atom stereocenters. The summed E-state index contributed by atoms with van der Waals surface area (Å²) in [6.45, 7) is 9.54. The Balaban J connectivity index is 3.22. The summed E-state index contributed by atoms with van der Waals surface area (Å²) in [7, 11) is 1.71. The number of hydrogen-bond acceptors (Lipinski definition) is 2. The zero-order valence-corrected chi connectivity index (χ0v) is 11.7. The fraction of sp³-hybridized carbons (Fsp3) is 0.600. The predicted octanol–water partition coefficient (Wildman–Crippen LogP) is 3.45. The molecule has 96 valence electrons. The largest absolute Gasteiger partial charge is 0.496 e. The maximum Gasteiger partial charge on any atom is 0.122 e. The minimum Gasteiger partial charge on any atom is -0.496 e. The average molecular weight is 235 g/mol.